The van der Waals surface area contributed by atoms with Crippen LogP contribution in [0.3, 0.4) is 0 Å². The topological polar surface area (TPSA) is 98.7 Å². The molecule has 54 heavy (non-hydrogen) atoms. The molecule has 1 aliphatic rings. The molecule has 0 unspecified atom stereocenters. The van der Waals surface area contributed by atoms with Crippen molar-refractivity contribution in [3.8, 4) is 0 Å². The minimum atomic E-state index is -1.70. The highest BCUT2D eigenvalue weighted by atomic mass is 16.3. The smallest absolute Gasteiger partial charge is 0.236 e. The van der Waals surface area contributed by atoms with E-state index in [1.165, 1.54) is 0 Å². The average Bonchev–Trinajstić information content (AvgIpc) is 3.26. The molecule has 0 saturated heterocycles. The van der Waals surface area contributed by atoms with Gasteiger partial charge in [-0.3, -0.25) is 9.59 Å². The number of amides is 2. The third kappa shape index (κ3) is 6.98. The summed E-state index contributed by atoms with van der Waals surface area (Å²) in [6.07, 6.45) is 2.88. The molecule has 6 heteroatoms. The average molecular weight is 715 g/mol. The van der Waals surface area contributed by atoms with Gasteiger partial charge in [0.05, 0.1) is 12.1 Å². The Kier molecular flexibility index (Phi) is 10.9. The van der Waals surface area contributed by atoms with Gasteiger partial charge in [0.25, 0.3) is 0 Å². The summed E-state index contributed by atoms with van der Waals surface area (Å²) >= 11 is 0. The third-order valence-electron chi connectivity index (χ3n) is 11.1. The van der Waals surface area contributed by atoms with Gasteiger partial charge in [-0.25, -0.2) is 0 Å². The molecular weight excluding hydrogens is 669 g/mol. The largest absolute Gasteiger partial charge is 0.378 e. The molecule has 2 atom stereocenters. The molecule has 1 fully saturated rings. The van der Waals surface area contributed by atoms with E-state index >= 15 is 9.59 Å². The van der Waals surface area contributed by atoms with E-state index < -0.39 is 40.5 Å². The van der Waals surface area contributed by atoms with E-state index in [9.17, 15) is 10.2 Å². The van der Waals surface area contributed by atoms with Crippen LogP contribution in [-0.2, 0) is 20.8 Å². The highest BCUT2D eigenvalue weighted by molar-refractivity contribution is 6.05. The van der Waals surface area contributed by atoms with Gasteiger partial charge >= 0.3 is 0 Å². The van der Waals surface area contributed by atoms with Crippen molar-refractivity contribution < 1.29 is 19.8 Å². The summed E-state index contributed by atoms with van der Waals surface area (Å²) in [5.74, 6) is -0.928. The van der Waals surface area contributed by atoms with E-state index in [0.29, 0.717) is 59.1 Å². The summed E-state index contributed by atoms with van der Waals surface area (Å²) in [6.45, 7) is 0. The van der Waals surface area contributed by atoms with Gasteiger partial charge in [-0.05, 0) is 46.2 Å². The predicted octanol–water partition coefficient (Wildman–Crippen LogP) is 8.52. The van der Waals surface area contributed by atoms with Crippen LogP contribution >= 0.6 is 0 Å². The maximum Gasteiger partial charge on any atom is 0.236 e. The minimum Gasteiger partial charge on any atom is -0.378 e. The number of rotatable bonds is 12. The van der Waals surface area contributed by atoms with Crippen LogP contribution in [0.1, 0.15) is 77.6 Å². The van der Waals surface area contributed by atoms with Crippen LogP contribution in [-0.4, -0.2) is 22.0 Å². The third-order valence-corrected chi connectivity index (χ3v) is 11.1. The number of aliphatic hydroxyl groups is 2. The van der Waals surface area contributed by atoms with E-state index in [1.54, 1.807) is 0 Å². The first-order valence-corrected chi connectivity index (χ1v) is 18.8. The van der Waals surface area contributed by atoms with Crippen molar-refractivity contribution in [1.29, 1.82) is 0 Å². The first kappa shape index (κ1) is 36.5. The fourth-order valence-corrected chi connectivity index (χ4v) is 8.17. The Morgan fingerprint density at radius 2 is 0.685 bits per heavy atom. The fourth-order valence-electron chi connectivity index (χ4n) is 8.17. The van der Waals surface area contributed by atoms with E-state index in [1.807, 2.05) is 182 Å². The van der Waals surface area contributed by atoms with Gasteiger partial charge < -0.3 is 20.8 Å². The number of carbonyl (C=O) groups is 2. The van der Waals surface area contributed by atoms with Crippen LogP contribution in [0.2, 0.25) is 0 Å². The van der Waals surface area contributed by atoms with Crippen LogP contribution in [0.4, 0.5) is 0 Å². The van der Waals surface area contributed by atoms with E-state index in [2.05, 4.69) is 10.6 Å². The zero-order valence-corrected chi connectivity index (χ0v) is 30.2. The predicted molar refractivity (Wildman–Crippen MR) is 212 cm³/mol. The molecule has 1 saturated carbocycles. The lowest BCUT2D eigenvalue weighted by Gasteiger charge is -2.43. The monoisotopic (exact) mass is 714 g/mol. The molecule has 7 rings (SSSR count). The Morgan fingerprint density at radius 3 is 0.963 bits per heavy atom. The summed E-state index contributed by atoms with van der Waals surface area (Å²) in [5.41, 5.74) is -1.08. The summed E-state index contributed by atoms with van der Waals surface area (Å²) in [5, 5.41) is 32.6. The quantitative estimate of drug-likeness (QED) is 0.0956. The van der Waals surface area contributed by atoms with Crippen molar-refractivity contribution >= 4 is 11.8 Å². The lowest BCUT2D eigenvalue weighted by atomic mass is 9.70. The van der Waals surface area contributed by atoms with Gasteiger partial charge in [-0.2, -0.15) is 0 Å². The van der Waals surface area contributed by atoms with Crippen molar-refractivity contribution in [2.45, 2.75) is 55.4 Å². The van der Waals surface area contributed by atoms with E-state index in [4.69, 9.17) is 0 Å². The normalized spacial score (nSPS) is 15.4. The first-order chi connectivity index (χ1) is 26.4. The zero-order chi connectivity index (χ0) is 37.4. The molecule has 0 aromatic heterocycles. The maximum atomic E-state index is 15.2. The molecule has 6 aromatic carbocycles. The molecule has 6 nitrogen and oxygen atoms in total. The van der Waals surface area contributed by atoms with Gasteiger partial charge in [0.2, 0.25) is 11.8 Å². The van der Waals surface area contributed by atoms with Crippen molar-refractivity contribution in [3.63, 3.8) is 0 Å². The van der Waals surface area contributed by atoms with Crippen molar-refractivity contribution in [3.05, 3.63) is 215 Å². The molecule has 6 aromatic rings. The van der Waals surface area contributed by atoms with Crippen LogP contribution in [0.5, 0.6) is 0 Å². The first-order valence-electron chi connectivity index (χ1n) is 18.8. The van der Waals surface area contributed by atoms with Crippen LogP contribution in [0.25, 0.3) is 0 Å². The molecule has 2 amide bonds. The fraction of sp³-hybridized carbons (Fsp3) is 0.208. The molecule has 0 spiro atoms. The molecule has 4 N–H and O–H groups in total. The maximum absolute atomic E-state index is 15.2. The molecule has 0 heterocycles. The molecule has 0 aliphatic heterocycles. The SMILES string of the molecule is O=C(N[C@H](c1ccccc1)C(O)(c1ccccc1)c1ccccc1)C1(C(=O)N[C@H](c2ccccc2)C(O)(c2ccccc2)c2ccccc2)CCCCC1. The second-order valence-corrected chi connectivity index (χ2v) is 14.3. The van der Waals surface area contributed by atoms with Crippen LogP contribution < -0.4 is 10.6 Å². The Morgan fingerprint density at radius 1 is 0.426 bits per heavy atom. The number of nitrogens with one attached hydrogen (secondary N) is 2. The highest BCUT2D eigenvalue weighted by Crippen LogP contribution is 2.46. The molecule has 0 bridgehead atoms. The minimum absolute atomic E-state index is 0.317. The lowest BCUT2D eigenvalue weighted by molar-refractivity contribution is -0.149. The van der Waals surface area contributed by atoms with E-state index in [0.717, 1.165) is 6.42 Å². The summed E-state index contributed by atoms with van der Waals surface area (Å²) in [4.78, 5) is 30.4. The second kappa shape index (κ2) is 16.0. The van der Waals surface area contributed by atoms with Gasteiger partial charge in [0, 0.05) is 0 Å². The highest BCUT2D eigenvalue weighted by Gasteiger charge is 2.52. The van der Waals surface area contributed by atoms with E-state index in [-0.39, 0.29) is 0 Å². The Balaban J connectivity index is 1.33. The second-order valence-electron chi connectivity index (χ2n) is 14.3. The van der Waals surface area contributed by atoms with Crippen LogP contribution in [0, 0.1) is 5.41 Å². The molecular formula is C48H46N2O4. The number of hydrogen-bond acceptors (Lipinski definition) is 4. The summed E-state index contributed by atoms with van der Waals surface area (Å²) < 4.78 is 0. The van der Waals surface area contributed by atoms with Gasteiger partial charge in [0.15, 0.2) is 0 Å². The van der Waals surface area contributed by atoms with Gasteiger partial charge in [-0.15, -0.1) is 0 Å². The van der Waals surface area contributed by atoms with Crippen molar-refractivity contribution in [1.82, 2.24) is 10.6 Å². The Hall–Kier alpha value is -5.82. The summed E-state index contributed by atoms with van der Waals surface area (Å²) in [7, 11) is 0. The summed E-state index contributed by atoms with van der Waals surface area (Å²) in [6, 6.07) is 54.3. The van der Waals surface area contributed by atoms with Crippen LogP contribution in [0.15, 0.2) is 182 Å². The number of benzene rings is 6. The van der Waals surface area contributed by atoms with Gasteiger partial charge in [0.1, 0.15) is 16.6 Å². The Bertz CT molecular complexity index is 1880. The zero-order valence-electron chi connectivity index (χ0n) is 30.2. The molecule has 272 valence electrons. The molecule has 0 radical (unpaired) electrons. The number of hydrogen-bond donors (Lipinski definition) is 4. The Labute approximate surface area is 317 Å². The molecule has 1 aliphatic carbocycles. The van der Waals surface area contributed by atoms with Crippen molar-refractivity contribution in [2.24, 2.45) is 5.41 Å². The standard InChI is InChI=1S/C48H46N2O4/c51-44(49-42(36-22-8-1-9-23-36)47(53,38-26-12-3-13-27-38)39-28-14-4-15-29-39)46(34-20-7-21-35-46)45(52)50-43(37-24-10-2-11-25-37)48(54,40-30-16-5-17-31-40)41-32-18-6-19-33-41/h1-6,8-19,22-33,42-43,53-54H,7,20-21,34-35H2,(H,49,51)(H,50,52)/t42-,43-/m1/s1. The van der Waals surface area contributed by atoms with Gasteiger partial charge in [-0.1, -0.05) is 201 Å². The lowest BCUT2D eigenvalue weighted by Crippen LogP contribution is -2.57. The number of carbonyl (C=O) groups excluding carboxylic acids is 2. The van der Waals surface area contributed by atoms with Crippen molar-refractivity contribution in [2.75, 3.05) is 0 Å².